The highest BCUT2D eigenvalue weighted by Gasteiger charge is 2.13. The number of benzene rings is 2. The lowest BCUT2D eigenvalue weighted by Crippen LogP contribution is -3.11. The summed E-state index contributed by atoms with van der Waals surface area (Å²) in [5.74, 6) is 0.556. The Balaban J connectivity index is 1.45. The predicted octanol–water partition coefficient (Wildman–Crippen LogP) is 2.27. The molecule has 1 amide bonds. The second-order valence-electron chi connectivity index (χ2n) is 6.33. The lowest BCUT2D eigenvalue weighted by Gasteiger charge is -2.23. The third kappa shape index (κ3) is 5.10. The van der Waals surface area contributed by atoms with E-state index in [0.29, 0.717) is 5.75 Å². The van der Waals surface area contributed by atoms with E-state index in [1.54, 1.807) is 4.90 Å². The van der Waals surface area contributed by atoms with Crippen LogP contribution in [0.3, 0.4) is 0 Å². The van der Waals surface area contributed by atoms with Gasteiger partial charge in [-0.2, -0.15) is 0 Å². The van der Waals surface area contributed by atoms with Crippen LogP contribution in [-0.4, -0.2) is 25.6 Å². The van der Waals surface area contributed by atoms with E-state index < -0.39 is 0 Å². The third-order valence-electron chi connectivity index (χ3n) is 4.37. The average molecular weight is 325 g/mol. The number of piperidine rings is 1. The number of likely N-dealkylation sites (tertiary alicyclic amines) is 1. The maximum atomic E-state index is 11.9. The maximum Gasteiger partial charge on any atom is 0.262 e. The van der Waals surface area contributed by atoms with Gasteiger partial charge in [0.15, 0.2) is 6.61 Å². The Bertz CT molecular complexity index is 634. The molecule has 0 aliphatic carbocycles. The van der Waals surface area contributed by atoms with Gasteiger partial charge in [-0.15, -0.1) is 0 Å². The molecule has 126 valence electrons. The Labute approximate surface area is 143 Å². The molecule has 1 saturated heterocycles. The average Bonchev–Trinajstić information content (AvgIpc) is 2.63. The Kier molecular flexibility index (Phi) is 5.85. The van der Waals surface area contributed by atoms with Gasteiger partial charge in [-0.05, 0) is 43.5 Å². The predicted molar refractivity (Wildman–Crippen MR) is 95.3 cm³/mol. The van der Waals surface area contributed by atoms with E-state index in [4.69, 9.17) is 4.74 Å². The lowest BCUT2D eigenvalue weighted by atomic mass is 10.1. The molecule has 4 heteroatoms. The van der Waals surface area contributed by atoms with Gasteiger partial charge in [0, 0.05) is 11.3 Å². The Hall–Kier alpha value is -2.33. The van der Waals surface area contributed by atoms with Gasteiger partial charge >= 0.3 is 0 Å². The number of quaternary nitrogens is 1. The van der Waals surface area contributed by atoms with Crippen molar-refractivity contribution >= 4 is 11.6 Å². The summed E-state index contributed by atoms with van der Waals surface area (Å²) in [6.45, 7) is 3.64. The smallest absolute Gasteiger partial charge is 0.262 e. The maximum absolute atomic E-state index is 11.9. The summed E-state index contributed by atoms with van der Waals surface area (Å²) in [7, 11) is 0. The van der Waals surface area contributed by atoms with Crippen LogP contribution in [0.5, 0.6) is 5.75 Å². The molecule has 0 radical (unpaired) electrons. The largest absolute Gasteiger partial charge is 0.484 e. The Morgan fingerprint density at radius 3 is 2.38 bits per heavy atom. The van der Waals surface area contributed by atoms with Crippen LogP contribution >= 0.6 is 0 Å². The molecule has 1 fully saturated rings. The van der Waals surface area contributed by atoms with Crippen LogP contribution in [0.4, 0.5) is 5.69 Å². The first-order valence-corrected chi connectivity index (χ1v) is 8.70. The first-order chi connectivity index (χ1) is 11.8. The van der Waals surface area contributed by atoms with Crippen molar-refractivity contribution in [3.8, 4) is 5.75 Å². The van der Waals surface area contributed by atoms with E-state index >= 15 is 0 Å². The normalized spacial score (nSPS) is 15.0. The number of carbonyl (C=O) groups excluding carboxylic acids is 1. The van der Waals surface area contributed by atoms with Crippen LogP contribution in [0.1, 0.15) is 24.8 Å². The minimum Gasteiger partial charge on any atom is -0.484 e. The molecule has 1 aliphatic rings. The summed E-state index contributed by atoms with van der Waals surface area (Å²) < 4.78 is 5.45. The minimum atomic E-state index is -0.145. The van der Waals surface area contributed by atoms with Crippen molar-refractivity contribution in [2.24, 2.45) is 0 Å². The molecule has 0 atom stereocenters. The van der Waals surface area contributed by atoms with E-state index in [1.807, 2.05) is 42.5 Å². The van der Waals surface area contributed by atoms with Gasteiger partial charge in [-0.1, -0.05) is 30.3 Å². The van der Waals surface area contributed by atoms with Crippen LogP contribution in [0.15, 0.2) is 54.6 Å². The Morgan fingerprint density at radius 2 is 1.67 bits per heavy atom. The second kappa shape index (κ2) is 8.50. The molecular formula is C20H25N2O2+. The summed E-state index contributed by atoms with van der Waals surface area (Å²) in [5, 5.41) is 2.87. The zero-order chi connectivity index (χ0) is 16.6. The molecule has 0 unspecified atom stereocenters. The molecule has 0 spiro atoms. The molecule has 4 nitrogen and oxygen atoms in total. The van der Waals surface area contributed by atoms with Crippen LogP contribution in [0.25, 0.3) is 0 Å². The molecule has 1 heterocycles. The summed E-state index contributed by atoms with van der Waals surface area (Å²) in [4.78, 5) is 13.6. The molecule has 0 aromatic heterocycles. The van der Waals surface area contributed by atoms with Gasteiger partial charge in [0.05, 0.1) is 13.1 Å². The number of ether oxygens (including phenoxy) is 1. The summed E-state index contributed by atoms with van der Waals surface area (Å²) in [6, 6.07) is 17.5. The van der Waals surface area contributed by atoms with Crippen LogP contribution < -0.4 is 15.0 Å². The fourth-order valence-electron chi connectivity index (χ4n) is 3.09. The molecule has 1 aliphatic heterocycles. The van der Waals surface area contributed by atoms with Crippen molar-refractivity contribution in [1.29, 1.82) is 0 Å². The second-order valence-corrected chi connectivity index (χ2v) is 6.33. The quantitative estimate of drug-likeness (QED) is 0.856. The van der Waals surface area contributed by atoms with Crippen molar-refractivity contribution in [2.45, 2.75) is 25.8 Å². The van der Waals surface area contributed by atoms with Crippen LogP contribution in [-0.2, 0) is 11.3 Å². The number of para-hydroxylation sites is 1. The van der Waals surface area contributed by atoms with Crippen LogP contribution in [0.2, 0.25) is 0 Å². The zero-order valence-electron chi connectivity index (χ0n) is 14.0. The van der Waals surface area contributed by atoms with Gasteiger partial charge in [0.2, 0.25) is 0 Å². The van der Waals surface area contributed by atoms with Crippen molar-refractivity contribution in [2.75, 3.05) is 25.0 Å². The number of nitrogens with one attached hydrogen (secondary N) is 2. The fraction of sp³-hybridized carbons (Fsp3) is 0.350. The standard InChI is InChI=1S/C20H24N2O2/c23-20(16-24-19-7-3-1-4-8-19)21-18-11-9-17(10-12-18)15-22-13-5-2-6-14-22/h1,3-4,7-12H,2,5-6,13-16H2,(H,21,23)/p+1. The molecule has 3 rings (SSSR count). The van der Waals surface area contributed by atoms with Gasteiger partial charge < -0.3 is 15.0 Å². The molecule has 2 aromatic carbocycles. The lowest BCUT2D eigenvalue weighted by molar-refractivity contribution is -0.918. The highest BCUT2D eigenvalue weighted by molar-refractivity contribution is 5.91. The van der Waals surface area contributed by atoms with Gasteiger partial charge in [-0.3, -0.25) is 4.79 Å². The van der Waals surface area contributed by atoms with Gasteiger partial charge in [0.25, 0.3) is 5.91 Å². The van der Waals surface area contributed by atoms with E-state index in [0.717, 1.165) is 12.2 Å². The molecule has 2 aromatic rings. The summed E-state index contributed by atoms with van der Waals surface area (Å²) in [5.41, 5.74) is 2.14. The first kappa shape index (κ1) is 16.5. The van der Waals surface area contributed by atoms with Crippen LogP contribution in [0, 0.1) is 0 Å². The van der Waals surface area contributed by atoms with E-state index in [2.05, 4.69) is 17.4 Å². The number of carbonyl (C=O) groups is 1. The number of anilines is 1. The molecule has 0 bridgehead atoms. The van der Waals surface area contributed by atoms with E-state index in [-0.39, 0.29) is 12.5 Å². The molecule has 24 heavy (non-hydrogen) atoms. The van der Waals surface area contributed by atoms with Crippen molar-refractivity contribution in [1.82, 2.24) is 0 Å². The summed E-state index contributed by atoms with van der Waals surface area (Å²) >= 11 is 0. The number of hydrogen-bond donors (Lipinski definition) is 2. The van der Waals surface area contributed by atoms with Crippen molar-refractivity contribution < 1.29 is 14.4 Å². The molecule has 2 N–H and O–H groups in total. The van der Waals surface area contributed by atoms with Gasteiger partial charge in [0.1, 0.15) is 12.3 Å². The van der Waals surface area contributed by atoms with Crippen molar-refractivity contribution in [3.05, 3.63) is 60.2 Å². The third-order valence-corrected chi connectivity index (χ3v) is 4.37. The number of amides is 1. The number of hydrogen-bond acceptors (Lipinski definition) is 2. The summed E-state index contributed by atoms with van der Waals surface area (Å²) in [6.07, 6.45) is 4.05. The van der Waals surface area contributed by atoms with E-state index in [1.165, 1.54) is 37.9 Å². The zero-order valence-corrected chi connectivity index (χ0v) is 14.0. The Morgan fingerprint density at radius 1 is 0.958 bits per heavy atom. The first-order valence-electron chi connectivity index (χ1n) is 8.70. The van der Waals surface area contributed by atoms with Gasteiger partial charge in [-0.25, -0.2) is 0 Å². The SMILES string of the molecule is O=C(COc1ccccc1)Nc1ccc(C[NH+]2CCCCC2)cc1. The number of rotatable bonds is 6. The molecular weight excluding hydrogens is 300 g/mol. The monoisotopic (exact) mass is 325 g/mol. The highest BCUT2D eigenvalue weighted by Crippen LogP contribution is 2.11. The topological polar surface area (TPSA) is 42.8 Å². The fourth-order valence-corrected chi connectivity index (χ4v) is 3.09. The molecule has 0 saturated carbocycles. The van der Waals surface area contributed by atoms with Crippen molar-refractivity contribution in [3.63, 3.8) is 0 Å². The highest BCUT2D eigenvalue weighted by atomic mass is 16.5. The van der Waals surface area contributed by atoms with E-state index in [9.17, 15) is 4.79 Å². The minimum absolute atomic E-state index is 0.0176.